The summed E-state index contributed by atoms with van der Waals surface area (Å²) in [6.07, 6.45) is 2.30. The van der Waals surface area contributed by atoms with Gasteiger partial charge in [0, 0.05) is 24.5 Å². The monoisotopic (exact) mass is 339 g/mol. The van der Waals surface area contributed by atoms with Gasteiger partial charge in [0.2, 0.25) is 0 Å². The van der Waals surface area contributed by atoms with Gasteiger partial charge in [0.15, 0.2) is 0 Å². The van der Waals surface area contributed by atoms with Gasteiger partial charge in [0.25, 0.3) is 5.56 Å². The SMILES string of the molecule is O=C(Nc1ccsc1)N[C@@H]1CCN(c2cn[nH]c(=O)c2Cl)C1. The first-order chi connectivity index (χ1) is 10.6. The lowest BCUT2D eigenvalue weighted by Crippen LogP contribution is -2.39. The van der Waals surface area contributed by atoms with E-state index >= 15 is 0 Å². The van der Waals surface area contributed by atoms with Gasteiger partial charge in [-0.15, -0.1) is 0 Å². The van der Waals surface area contributed by atoms with Crippen LogP contribution in [0, 0.1) is 0 Å². The maximum absolute atomic E-state index is 11.9. The van der Waals surface area contributed by atoms with Crippen LogP contribution in [0.1, 0.15) is 6.42 Å². The number of hydrogen-bond acceptors (Lipinski definition) is 5. The molecule has 0 aliphatic carbocycles. The molecule has 1 atom stereocenters. The zero-order valence-electron chi connectivity index (χ0n) is 11.5. The Balaban J connectivity index is 1.59. The molecule has 1 aliphatic heterocycles. The first-order valence-corrected chi connectivity index (χ1v) is 8.03. The Bertz CT molecular complexity index is 717. The van der Waals surface area contributed by atoms with Crippen molar-refractivity contribution in [3.05, 3.63) is 38.4 Å². The first kappa shape index (κ1) is 14.9. The van der Waals surface area contributed by atoms with Crippen LogP contribution in [0.15, 0.2) is 27.8 Å². The average Bonchev–Trinajstić information content (AvgIpc) is 3.14. The molecule has 1 fully saturated rings. The van der Waals surface area contributed by atoms with Gasteiger partial charge in [0.1, 0.15) is 5.02 Å². The molecule has 0 radical (unpaired) electrons. The summed E-state index contributed by atoms with van der Waals surface area (Å²) in [5.41, 5.74) is 0.956. The molecule has 2 aromatic rings. The molecule has 0 aromatic carbocycles. The minimum absolute atomic E-state index is 0.00556. The predicted molar refractivity (Wildman–Crippen MR) is 87.0 cm³/mol. The van der Waals surface area contributed by atoms with E-state index < -0.39 is 5.56 Å². The summed E-state index contributed by atoms with van der Waals surface area (Å²) >= 11 is 7.52. The van der Waals surface area contributed by atoms with Crippen molar-refractivity contribution in [2.24, 2.45) is 0 Å². The Hall–Kier alpha value is -2.06. The topological polar surface area (TPSA) is 90.1 Å². The van der Waals surface area contributed by atoms with Crippen molar-refractivity contribution in [2.75, 3.05) is 23.3 Å². The van der Waals surface area contributed by atoms with Gasteiger partial charge < -0.3 is 15.5 Å². The highest BCUT2D eigenvalue weighted by Crippen LogP contribution is 2.24. The number of anilines is 2. The fourth-order valence-corrected chi connectivity index (χ4v) is 3.18. The zero-order chi connectivity index (χ0) is 15.5. The molecular formula is C13H14ClN5O2S. The summed E-state index contributed by atoms with van der Waals surface area (Å²) < 4.78 is 0. The van der Waals surface area contributed by atoms with E-state index in [1.54, 1.807) is 0 Å². The van der Waals surface area contributed by atoms with Crippen LogP contribution >= 0.6 is 22.9 Å². The molecule has 0 bridgehead atoms. The van der Waals surface area contributed by atoms with Gasteiger partial charge >= 0.3 is 6.03 Å². The molecule has 3 N–H and O–H groups in total. The van der Waals surface area contributed by atoms with Crippen molar-refractivity contribution in [3.63, 3.8) is 0 Å². The van der Waals surface area contributed by atoms with Gasteiger partial charge in [-0.05, 0) is 17.9 Å². The molecule has 3 rings (SSSR count). The van der Waals surface area contributed by atoms with Crippen molar-refractivity contribution in [2.45, 2.75) is 12.5 Å². The number of aromatic amines is 1. The summed E-state index contributed by atoms with van der Waals surface area (Å²) in [6, 6.07) is 1.60. The standard InChI is InChI=1S/C13H14ClN5O2S/c14-11-10(5-15-18-12(11)20)19-3-1-8(6-19)16-13(21)17-9-2-4-22-7-9/h2,4-5,7-8H,1,3,6H2,(H,18,20)(H2,16,17,21)/t8-/m1/s1. The number of aromatic nitrogens is 2. The van der Waals surface area contributed by atoms with E-state index in [4.69, 9.17) is 11.6 Å². The van der Waals surface area contributed by atoms with E-state index in [0.29, 0.717) is 18.8 Å². The minimum atomic E-state index is -0.411. The molecule has 0 unspecified atom stereocenters. The Labute approximate surface area is 135 Å². The van der Waals surface area contributed by atoms with Gasteiger partial charge in [-0.2, -0.15) is 16.4 Å². The Morgan fingerprint density at radius 3 is 3.18 bits per heavy atom. The van der Waals surface area contributed by atoms with Crippen molar-refractivity contribution in [3.8, 4) is 0 Å². The van der Waals surface area contributed by atoms with Crippen LogP contribution in [0.4, 0.5) is 16.2 Å². The van der Waals surface area contributed by atoms with Crippen LogP contribution in [0.25, 0.3) is 0 Å². The van der Waals surface area contributed by atoms with Crippen LogP contribution in [0.5, 0.6) is 0 Å². The second kappa shape index (κ2) is 6.37. The van der Waals surface area contributed by atoms with Crippen molar-refractivity contribution in [1.82, 2.24) is 15.5 Å². The van der Waals surface area contributed by atoms with Crippen molar-refractivity contribution < 1.29 is 4.79 Å². The van der Waals surface area contributed by atoms with Crippen LogP contribution in [-0.4, -0.2) is 35.4 Å². The Morgan fingerprint density at radius 2 is 2.41 bits per heavy atom. The van der Waals surface area contributed by atoms with Crippen LogP contribution in [-0.2, 0) is 0 Å². The molecule has 3 heterocycles. The number of amides is 2. The largest absolute Gasteiger partial charge is 0.367 e. The average molecular weight is 340 g/mol. The highest BCUT2D eigenvalue weighted by molar-refractivity contribution is 7.08. The molecule has 22 heavy (non-hydrogen) atoms. The van der Waals surface area contributed by atoms with E-state index in [9.17, 15) is 9.59 Å². The molecule has 2 aromatic heterocycles. The maximum atomic E-state index is 11.9. The molecule has 2 amide bonds. The summed E-state index contributed by atoms with van der Waals surface area (Å²) in [4.78, 5) is 25.3. The number of thiophene rings is 1. The molecule has 0 saturated carbocycles. The van der Waals surface area contributed by atoms with Crippen molar-refractivity contribution >= 4 is 40.3 Å². The van der Waals surface area contributed by atoms with Crippen molar-refractivity contribution in [1.29, 1.82) is 0 Å². The van der Waals surface area contributed by atoms with E-state index in [0.717, 1.165) is 12.1 Å². The number of halogens is 1. The lowest BCUT2D eigenvalue weighted by atomic mass is 10.3. The molecule has 9 heteroatoms. The van der Waals surface area contributed by atoms with Gasteiger partial charge in [-0.3, -0.25) is 4.79 Å². The molecule has 7 nitrogen and oxygen atoms in total. The lowest BCUT2D eigenvalue weighted by Gasteiger charge is -2.19. The number of carbonyl (C=O) groups excluding carboxylic acids is 1. The molecule has 0 spiro atoms. The summed E-state index contributed by atoms with van der Waals surface area (Å²) in [7, 11) is 0. The molecule has 116 valence electrons. The van der Waals surface area contributed by atoms with E-state index in [1.807, 2.05) is 21.7 Å². The number of H-pyrrole nitrogens is 1. The van der Waals surface area contributed by atoms with E-state index in [-0.39, 0.29) is 17.1 Å². The van der Waals surface area contributed by atoms with E-state index in [1.165, 1.54) is 17.5 Å². The van der Waals surface area contributed by atoms with Crippen LogP contribution in [0.3, 0.4) is 0 Å². The number of nitrogens with zero attached hydrogens (tertiary/aromatic N) is 2. The number of hydrogen-bond donors (Lipinski definition) is 3. The van der Waals surface area contributed by atoms with Crippen LogP contribution < -0.4 is 21.1 Å². The second-order valence-corrected chi connectivity index (χ2v) is 6.10. The third-order valence-electron chi connectivity index (χ3n) is 3.42. The molecule has 1 saturated heterocycles. The summed E-state index contributed by atoms with van der Waals surface area (Å²) in [5, 5.41) is 15.6. The Kier molecular flexibility index (Phi) is 4.30. The van der Waals surface area contributed by atoms with Gasteiger partial charge in [0.05, 0.1) is 17.6 Å². The highest BCUT2D eigenvalue weighted by atomic mass is 35.5. The fourth-order valence-electron chi connectivity index (χ4n) is 2.38. The normalized spacial score (nSPS) is 17.5. The zero-order valence-corrected chi connectivity index (χ0v) is 13.1. The van der Waals surface area contributed by atoms with E-state index in [2.05, 4.69) is 20.8 Å². The number of carbonyl (C=O) groups is 1. The third-order valence-corrected chi connectivity index (χ3v) is 4.47. The van der Waals surface area contributed by atoms with Gasteiger partial charge in [-0.25, -0.2) is 9.89 Å². The quantitative estimate of drug-likeness (QED) is 0.796. The van der Waals surface area contributed by atoms with Crippen LogP contribution in [0.2, 0.25) is 5.02 Å². The molecular weight excluding hydrogens is 326 g/mol. The second-order valence-electron chi connectivity index (χ2n) is 4.94. The summed E-state index contributed by atoms with van der Waals surface area (Å²) in [6.45, 7) is 1.29. The third kappa shape index (κ3) is 3.23. The maximum Gasteiger partial charge on any atom is 0.319 e. The van der Waals surface area contributed by atoms with Gasteiger partial charge in [-0.1, -0.05) is 11.6 Å². The number of nitrogens with one attached hydrogen (secondary N) is 3. The number of rotatable bonds is 3. The summed E-state index contributed by atoms with van der Waals surface area (Å²) in [5.74, 6) is 0. The minimum Gasteiger partial charge on any atom is -0.367 e. The highest BCUT2D eigenvalue weighted by Gasteiger charge is 2.26. The number of urea groups is 1. The Morgan fingerprint density at radius 1 is 1.55 bits per heavy atom. The fraction of sp³-hybridized carbons (Fsp3) is 0.308. The smallest absolute Gasteiger partial charge is 0.319 e. The lowest BCUT2D eigenvalue weighted by molar-refractivity contribution is 0.249. The molecule has 1 aliphatic rings. The predicted octanol–water partition coefficient (Wildman–Crippen LogP) is 1.89. The first-order valence-electron chi connectivity index (χ1n) is 6.71.